The lowest BCUT2D eigenvalue weighted by Gasteiger charge is -2.15. The van der Waals surface area contributed by atoms with Gasteiger partial charge in [-0.05, 0) is 37.5 Å². The van der Waals surface area contributed by atoms with Gasteiger partial charge in [0, 0.05) is 25.9 Å². The van der Waals surface area contributed by atoms with Gasteiger partial charge in [0.15, 0.2) is 5.65 Å². The van der Waals surface area contributed by atoms with E-state index in [4.69, 9.17) is 4.74 Å². The molecule has 150 valence electrons. The molecule has 0 radical (unpaired) electrons. The largest absolute Gasteiger partial charge is 0.376 e. The number of amides is 1. The van der Waals surface area contributed by atoms with Gasteiger partial charge in [-0.25, -0.2) is 9.97 Å². The lowest BCUT2D eigenvalue weighted by Crippen LogP contribution is -2.27. The number of hydrogen-bond acceptors (Lipinski definition) is 6. The molecule has 3 aromatic heterocycles. The van der Waals surface area contributed by atoms with Crippen molar-refractivity contribution in [3.8, 4) is 0 Å². The van der Waals surface area contributed by atoms with Gasteiger partial charge in [-0.1, -0.05) is 12.1 Å². The molecule has 4 heterocycles. The first kappa shape index (κ1) is 19.1. The standard InChI is InChI=1S/C21H23N5O3/c1-3-8-22-20(27)15-10-16-19(25-18(15)23-11-14-5-4-9-29-14)24-17-7-6-13(2)12-26(17)21(16)28/h3,6-7,10,12,14H,1,4-5,8-9,11H2,2H3,(H,22,27)(H,23,25)/t14-/m1/s1. The monoisotopic (exact) mass is 393 g/mol. The third-order valence-electron chi connectivity index (χ3n) is 4.92. The number of aryl methyl sites for hydroxylation is 1. The van der Waals surface area contributed by atoms with Crippen LogP contribution < -0.4 is 16.2 Å². The highest BCUT2D eigenvalue weighted by atomic mass is 16.5. The maximum atomic E-state index is 13.0. The lowest BCUT2D eigenvalue weighted by atomic mass is 10.1. The molecule has 1 amide bonds. The molecule has 0 spiro atoms. The van der Waals surface area contributed by atoms with E-state index in [1.807, 2.05) is 13.0 Å². The predicted octanol–water partition coefficient (Wildman–Crippen LogP) is 2.06. The van der Waals surface area contributed by atoms with E-state index in [9.17, 15) is 9.59 Å². The second kappa shape index (κ2) is 8.00. The van der Waals surface area contributed by atoms with Gasteiger partial charge in [0.2, 0.25) is 0 Å². The molecule has 0 aromatic carbocycles. The van der Waals surface area contributed by atoms with Gasteiger partial charge < -0.3 is 15.4 Å². The van der Waals surface area contributed by atoms with Crippen molar-refractivity contribution in [1.29, 1.82) is 0 Å². The summed E-state index contributed by atoms with van der Waals surface area (Å²) in [7, 11) is 0. The van der Waals surface area contributed by atoms with Gasteiger partial charge >= 0.3 is 0 Å². The van der Waals surface area contributed by atoms with Crippen molar-refractivity contribution in [1.82, 2.24) is 19.7 Å². The summed E-state index contributed by atoms with van der Waals surface area (Å²) in [5.74, 6) is 0.0563. The maximum absolute atomic E-state index is 13.0. The van der Waals surface area contributed by atoms with E-state index in [0.717, 1.165) is 25.0 Å². The molecule has 4 rings (SSSR count). The van der Waals surface area contributed by atoms with Gasteiger partial charge in [0.1, 0.15) is 11.5 Å². The summed E-state index contributed by atoms with van der Waals surface area (Å²) >= 11 is 0. The van der Waals surface area contributed by atoms with Crippen LogP contribution in [0.5, 0.6) is 0 Å². The highest BCUT2D eigenvalue weighted by Crippen LogP contribution is 2.20. The molecule has 3 aromatic rings. The van der Waals surface area contributed by atoms with E-state index in [1.165, 1.54) is 4.40 Å². The van der Waals surface area contributed by atoms with Crippen molar-refractivity contribution in [2.75, 3.05) is 25.0 Å². The molecule has 1 atom stereocenters. The highest BCUT2D eigenvalue weighted by Gasteiger charge is 2.20. The summed E-state index contributed by atoms with van der Waals surface area (Å²) in [6.07, 6.45) is 5.38. The van der Waals surface area contributed by atoms with E-state index in [0.29, 0.717) is 41.2 Å². The maximum Gasteiger partial charge on any atom is 0.267 e. The number of carbonyl (C=O) groups is 1. The Hall–Kier alpha value is -3.26. The number of aromatic nitrogens is 3. The molecule has 29 heavy (non-hydrogen) atoms. The molecule has 0 bridgehead atoms. The Morgan fingerprint density at radius 1 is 1.41 bits per heavy atom. The van der Waals surface area contributed by atoms with Crippen molar-refractivity contribution in [2.24, 2.45) is 0 Å². The van der Waals surface area contributed by atoms with Gasteiger partial charge in [-0.2, -0.15) is 0 Å². The Morgan fingerprint density at radius 2 is 2.28 bits per heavy atom. The molecule has 2 N–H and O–H groups in total. The lowest BCUT2D eigenvalue weighted by molar-refractivity contribution is 0.0958. The van der Waals surface area contributed by atoms with Crippen LogP contribution in [0.1, 0.15) is 28.8 Å². The minimum absolute atomic E-state index is 0.0785. The predicted molar refractivity (Wildman–Crippen MR) is 111 cm³/mol. The average molecular weight is 393 g/mol. The molecular weight excluding hydrogens is 370 g/mol. The topological polar surface area (TPSA) is 97.6 Å². The Bertz CT molecular complexity index is 1150. The van der Waals surface area contributed by atoms with Crippen molar-refractivity contribution in [3.63, 3.8) is 0 Å². The highest BCUT2D eigenvalue weighted by molar-refractivity contribution is 6.02. The summed E-state index contributed by atoms with van der Waals surface area (Å²) in [4.78, 5) is 34.7. The minimum Gasteiger partial charge on any atom is -0.376 e. The minimum atomic E-state index is -0.331. The fourth-order valence-corrected chi connectivity index (χ4v) is 3.42. The molecule has 1 aliphatic heterocycles. The quantitative estimate of drug-likeness (QED) is 0.491. The number of rotatable bonds is 6. The van der Waals surface area contributed by atoms with Gasteiger partial charge in [-0.15, -0.1) is 6.58 Å². The Kier molecular flexibility index (Phi) is 5.26. The number of carbonyl (C=O) groups excluding carboxylic acids is 1. The number of ether oxygens (including phenoxy) is 1. The first-order valence-corrected chi connectivity index (χ1v) is 9.65. The van der Waals surface area contributed by atoms with Crippen molar-refractivity contribution < 1.29 is 9.53 Å². The van der Waals surface area contributed by atoms with Crippen LogP contribution in [0.3, 0.4) is 0 Å². The summed E-state index contributed by atoms with van der Waals surface area (Å²) in [6.45, 7) is 7.11. The zero-order valence-electron chi connectivity index (χ0n) is 16.3. The molecule has 1 aliphatic rings. The number of nitrogens with one attached hydrogen (secondary N) is 2. The van der Waals surface area contributed by atoms with E-state index in [1.54, 1.807) is 24.4 Å². The Labute approximate surface area is 167 Å². The molecule has 8 nitrogen and oxygen atoms in total. The molecule has 1 fully saturated rings. The first-order valence-electron chi connectivity index (χ1n) is 9.65. The SMILES string of the molecule is C=CCNC(=O)c1cc2c(=O)n3cc(C)ccc3nc2nc1NC[C@H]1CCCO1. The van der Waals surface area contributed by atoms with Crippen LogP contribution in [-0.2, 0) is 4.74 Å². The summed E-state index contributed by atoms with van der Waals surface area (Å²) in [5.41, 5.74) is 1.78. The fourth-order valence-electron chi connectivity index (χ4n) is 3.42. The Morgan fingerprint density at radius 3 is 3.03 bits per heavy atom. The van der Waals surface area contributed by atoms with Crippen LogP contribution in [0.25, 0.3) is 16.7 Å². The van der Waals surface area contributed by atoms with Gasteiger partial charge in [0.25, 0.3) is 11.5 Å². The number of pyridine rings is 2. The summed E-state index contributed by atoms with van der Waals surface area (Å²) in [6, 6.07) is 5.23. The third kappa shape index (κ3) is 3.84. The number of fused-ring (bicyclic) bond motifs is 2. The van der Waals surface area contributed by atoms with Crippen LogP contribution in [0.15, 0.2) is 41.8 Å². The number of hydrogen-bond donors (Lipinski definition) is 2. The molecule has 1 saturated heterocycles. The first-order chi connectivity index (χ1) is 14.1. The molecule has 0 saturated carbocycles. The van der Waals surface area contributed by atoms with E-state index in [-0.39, 0.29) is 17.6 Å². The number of anilines is 1. The summed E-state index contributed by atoms with van der Waals surface area (Å²) in [5, 5.41) is 6.25. The van der Waals surface area contributed by atoms with E-state index >= 15 is 0 Å². The summed E-state index contributed by atoms with van der Waals surface area (Å²) < 4.78 is 7.12. The smallest absolute Gasteiger partial charge is 0.267 e. The second-order valence-corrected chi connectivity index (χ2v) is 7.12. The molecular formula is C21H23N5O3. The zero-order chi connectivity index (χ0) is 20.4. The van der Waals surface area contributed by atoms with Crippen molar-refractivity contribution in [2.45, 2.75) is 25.9 Å². The van der Waals surface area contributed by atoms with E-state index < -0.39 is 0 Å². The average Bonchev–Trinajstić information content (AvgIpc) is 3.24. The molecule has 8 heteroatoms. The second-order valence-electron chi connectivity index (χ2n) is 7.12. The van der Waals surface area contributed by atoms with Crippen LogP contribution in [0.4, 0.5) is 5.82 Å². The van der Waals surface area contributed by atoms with E-state index in [2.05, 4.69) is 27.2 Å². The number of nitrogens with zero attached hydrogens (tertiary/aromatic N) is 3. The van der Waals surface area contributed by atoms with Crippen molar-refractivity contribution >= 4 is 28.4 Å². The van der Waals surface area contributed by atoms with Crippen LogP contribution >= 0.6 is 0 Å². The fraction of sp³-hybridized carbons (Fsp3) is 0.333. The zero-order valence-corrected chi connectivity index (χ0v) is 16.3. The normalized spacial score (nSPS) is 16.2. The van der Waals surface area contributed by atoms with Crippen LogP contribution in [0.2, 0.25) is 0 Å². The molecule has 0 aliphatic carbocycles. The van der Waals surface area contributed by atoms with Crippen LogP contribution in [-0.4, -0.2) is 46.1 Å². The van der Waals surface area contributed by atoms with Crippen LogP contribution in [0, 0.1) is 6.92 Å². The van der Waals surface area contributed by atoms with Gasteiger partial charge in [0.05, 0.1) is 17.1 Å². The van der Waals surface area contributed by atoms with Gasteiger partial charge in [-0.3, -0.25) is 14.0 Å². The van der Waals surface area contributed by atoms with Crippen molar-refractivity contribution in [3.05, 3.63) is 58.5 Å². The molecule has 0 unspecified atom stereocenters. The third-order valence-corrected chi connectivity index (χ3v) is 4.92. The Balaban J connectivity index is 1.82.